The molecule has 0 spiro atoms. The van der Waals surface area contributed by atoms with Crippen molar-refractivity contribution in [2.45, 2.75) is 0 Å². The van der Waals surface area contributed by atoms with Crippen LogP contribution < -0.4 is 0 Å². The molecule has 7 heteroatoms. The molecule has 0 atom stereocenters. The van der Waals surface area contributed by atoms with Gasteiger partial charge in [0.05, 0.1) is 0 Å². The normalized spacial score (nSPS) is 8.43. The Balaban J connectivity index is -0.0000000800. The van der Waals surface area contributed by atoms with Gasteiger partial charge >= 0.3 is 7.82 Å². The first-order valence-corrected chi connectivity index (χ1v) is 2.35. The molecule has 4 nitrogen and oxygen atoms in total. The Morgan fingerprint density at radius 3 is 1.14 bits per heavy atom. The zero-order chi connectivity index (χ0) is 4.50. The van der Waals surface area contributed by atoms with E-state index in [0.29, 0.717) is 0 Å². The summed E-state index contributed by atoms with van der Waals surface area (Å²) in [7, 11) is -4.64. The molecule has 1 radical (unpaired) electrons. The molecule has 7 heavy (non-hydrogen) atoms. The summed E-state index contributed by atoms with van der Waals surface area (Å²) in [6.45, 7) is 0. The van der Waals surface area contributed by atoms with E-state index in [1.165, 1.54) is 0 Å². The van der Waals surface area contributed by atoms with Gasteiger partial charge in [-0.3, -0.25) is 0 Å². The van der Waals surface area contributed by atoms with Crippen LogP contribution in [0.4, 0.5) is 0 Å². The van der Waals surface area contributed by atoms with Crippen molar-refractivity contribution >= 4 is 59.2 Å². The van der Waals surface area contributed by atoms with Crippen molar-refractivity contribution in [3.8, 4) is 0 Å². The van der Waals surface area contributed by atoms with Gasteiger partial charge in [0.15, 0.2) is 0 Å². The minimum absolute atomic E-state index is 0. The maximum absolute atomic E-state index is 8.88. The molecular formula is H3KO4PZr. The fraction of sp³-hybridized carbons (Fsp3) is 0. The van der Waals surface area contributed by atoms with E-state index in [9.17, 15) is 0 Å². The molecule has 0 aliphatic carbocycles. The maximum atomic E-state index is 8.88. The quantitative estimate of drug-likeness (QED) is 0.355. The van der Waals surface area contributed by atoms with Gasteiger partial charge in [-0.25, -0.2) is 4.57 Å². The van der Waals surface area contributed by atoms with Gasteiger partial charge in [-0.05, 0) is 0 Å². The molecule has 0 amide bonds. The molecule has 0 rings (SSSR count). The topological polar surface area (TPSA) is 77.8 Å². The van der Waals surface area contributed by atoms with Crippen LogP contribution in [-0.4, -0.2) is 66.1 Å². The van der Waals surface area contributed by atoms with Crippen molar-refractivity contribution in [1.29, 1.82) is 0 Å². The van der Waals surface area contributed by atoms with Gasteiger partial charge in [0.25, 0.3) is 0 Å². The zero-order valence-electron chi connectivity index (χ0n) is 3.70. The van der Waals surface area contributed by atoms with Crippen molar-refractivity contribution in [2.75, 3.05) is 0 Å². The second-order valence-electron chi connectivity index (χ2n) is 0.513. The van der Waals surface area contributed by atoms with Crippen LogP contribution in [0.2, 0.25) is 0 Å². The zero-order valence-corrected chi connectivity index (χ0v) is 10.2. The van der Waals surface area contributed by atoms with Crippen molar-refractivity contribution in [3.05, 3.63) is 0 Å². The molecule has 0 aliphatic heterocycles. The fourth-order valence-corrected chi connectivity index (χ4v) is 0. The standard InChI is InChI=1S/K.H3O4P.Zr/c;1-5(2,3)4;/h;(H3,1,2,3,4);. The summed E-state index contributed by atoms with van der Waals surface area (Å²) in [6, 6.07) is 0. The van der Waals surface area contributed by atoms with Crippen LogP contribution in [0.3, 0.4) is 0 Å². The minimum Gasteiger partial charge on any atom is -0.303 e. The molecule has 37 valence electrons. The molecule has 0 aromatic carbocycles. The van der Waals surface area contributed by atoms with Crippen molar-refractivity contribution in [3.63, 3.8) is 0 Å². The van der Waals surface area contributed by atoms with E-state index in [1.54, 1.807) is 0 Å². The molecule has 0 unspecified atom stereocenters. The van der Waals surface area contributed by atoms with Crippen LogP contribution in [-0.2, 0) is 30.8 Å². The van der Waals surface area contributed by atoms with E-state index < -0.39 is 7.82 Å². The molecule has 0 saturated heterocycles. The summed E-state index contributed by atoms with van der Waals surface area (Å²) in [5.74, 6) is 0. The molecular weight excluding hydrogens is 225 g/mol. The first kappa shape index (κ1) is 16.3. The van der Waals surface area contributed by atoms with Crippen molar-refractivity contribution < 1.29 is 45.4 Å². The van der Waals surface area contributed by atoms with Crippen LogP contribution in [0.5, 0.6) is 0 Å². The number of hydrogen-bond acceptors (Lipinski definition) is 1. The van der Waals surface area contributed by atoms with E-state index in [4.69, 9.17) is 19.2 Å². The summed E-state index contributed by atoms with van der Waals surface area (Å²) in [5.41, 5.74) is 0. The van der Waals surface area contributed by atoms with Gasteiger partial charge in [-0.1, -0.05) is 0 Å². The van der Waals surface area contributed by atoms with Gasteiger partial charge in [0.1, 0.15) is 0 Å². The third-order valence-electron chi connectivity index (χ3n) is 0. The van der Waals surface area contributed by atoms with E-state index in [2.05, 4.69) is 0 Å². The third-order valence-corrected chi connectivity index (χ3v) is 0. The maximum Gasteiger partial charge on any atom is 0.466 e. The van der Waals surface area contributed by atoms with Gasteiger partial charge in [0.2, 0.25) is 0 Å². The van der Waals surface area contributed by atoms with Crippen LogP contribution in [0, 0.1) is 0 Å². The Labute approximate surface area is 102 Å². The van der Waals surface area contributed by atoms with E-state index in [-0.39, 0.29) is 77.6 Å². The average Bonchev–Trinajstić information content (AvgIpc) is 0.722. The summed E-state index contributed by atoms with van der Waals surface area (Å²) in [5, 5.41) is 0. The second kappa shape index (κ2) is 6.75. The van der Waals surface area contributed by atoms with Crippen LogP contribution in [0.15, 0.2) is 0 Å². The fourth-order valence-electron chi connectivity index (χ4n) is 0. The Morgan fingerprint density at radius 2 is 1.14 bits per heavy atom. The Morgan fingerprint density at radius 1 is 1.14 bits per heavy atom. The Bertz CT molecular complexity index is 57.8. The molecule has 0 heterocycles. The Kier molecular flexibility index (Phi) is 15.7. The molecule has 0 bridgehead atoms. The van der Waals surface area contributed by atoms with Crippen LogP contribution in [0.1, 0.15) is 0 Å². The summed E-state index contributed by atoms with van der Waals surface area (Å²) >= 11 is 0. The molecule has 0 aliphatic rings. The SMILES string of the molecule is O=P(O)(O)O.[K].[Zr]. The average molecular weight is 228 g/mol. The van der Waals surface area contributed by atoms with E-state index in [0.717, 1.165) is 0 Å². The van der Waals surface area contributed by atoms with Crippen molar-refractivity contribution in [1.82, 2.24) is 0 Å². The summed E-state index contributed by atoms with van der Waals surface area (Å²) in [6.07, 6.45) is 0. The predicted molar refractivity (Wildman–Crippen MR) is 20.0 cm³/mol. The van der Waals surface area contributed by atoms with Crippen LogP contribution >= 0.6 is 7.82 Å². The van der Waals surface area contributed by atoms with Crippen LogP contribution in [0.25, 0.3) is 0 Å². The molecule has 3 N–H and O–H groups in total. The molecule has 0 aromatic rings. The smallest absolute Gasteiger partial charge is 0.303 e. The second-order valence-corrected chi connectivity index (χ2v) is 1.54. The van der Waals surface area contributed by atoms with Crippen molar-refractivity contribution in [2.24, 2.45) is 0 Å². The monoisotopic (exact) mass is 227 g/mol. The van der Waals surface area contributed by atoms with Gasteiger partial charge in [-0.2, -0.15) is 0 Å². The third kappa shape index (κ3) is 54.9. The first-order chi connectivity index (χ1) is 2.00. The van der Waals surface area contributed by atoms with E-state index in [1.807, 2.05) is 0 Å². The number of rotatable bonds is 0. The van der Waals surface area contributed by atoms with Gasteiger partial charge < -0.3 is 14.7 Å². The minimum atomic E-state index is -4.64. The van der Waals surface area contributed by atoms with Gasteiger partial charge in [-0.15, -0.1) is 0 Å². The Hall–Kier alpha value is 2.63. The summed E-state index contributed by atoms with van der Waals surface area (Å²) < 4.78 is 8.88. The number of phosphoric acid groups is 1. The largest absolute Gasteiger partial charge is 0.466 e. The molecule has 0 aromatic heterocycles. The van der Waals surface area contributed by atoms with Gasteiger partial charge in [0, 0.05) is 77.6 Å². The molecule has 0 fully saturated rings. The predicted octanol–water partition coefficient (Wildman–Crippen LogP) is -1.31. The molecule has 0 saturated carbocycles. The number of hydrogen-bond donors (Lipinski definition) is 3. The summed E-state index contributed by atoms with van der Waals surface area (Å²) in [4.78, 5) is 21.6. The van der Waals surface area contributed by atoms with E-state index >= 15 is 0 Å². The first-order valence-electron chi connectivity index (χ1n) is 0.783.